The number of carbonyl (C=O) groups is 3. The first-order valence-electron chi connectivity index (χ1n) is 29.4. The highest BCUT2D eigenvalue weighted by atomic mass is 16.6. The molecule has 0 spiro atoms. The van der Waals surface area contributed by atoms with Crippen LogP contribution in [0.5, 0.6) is 0 Å². The Hall–Kier alpha value is -3.93. The summed E-state index contributed by atoms with van der Waals surface area (Å²) in [5, 5.41) is 0. The van der Waals surface area contributed by atoms with Crippen molar-refractivity contribution >= 4 is 17.9 Å². The fourth-order valence-corrected chi connectivity index (χ4v) is 7.95. The van der Waals surface area contributed by atoms with Gasteiger partial charge in [-0.25, -0.2) is 0 Å². The lowest BCUT2D eigenvalue weighted by molar-refractivity contribution is -0.166. The summed E-state index contributed by atoms with van der Waals surface area (Å²) in [6.45, 7) is 6.35. The molecule has 0 aromatic rings. The summed E-state index contributed by atoms with van der Waals surface area (Å²) < 4.78 is 16.8. The summed E-state index contributed by atoms with van der Waals surface area (Å²) in [4.78, 5) is 38.2. The van der Waals surface area contributed by atoms with Gasteiger partial charge >= 0.3 is 17.9 Å². The summed E-state index contributed by atoms with van der Waals surface area (Å²) >= 11 is 0. The first-order valence-corrected chi connectivity index (χ1v) is 29.4. The van der Waals surface area contributed by atoms with Crippen molar-refractivity contribution in [3.63, 3.8) is 0 Å². The summed E-state index contributed by atoms with van der Waals surface area (Å²) in [5.74, 6) is -1.01. The average Bonchev–Trinajstić information content (AvgIpc) is 3.37. The highest BCUT2D eigenvalue weighted by Crippen LogP contribution is 2.16. The zero-order chi connectivity index (χ0) is 51.4. The molecule has 0 amide bonds. The van der Waals surface area contributed by atoms with E-state index in [2.05, 4.69) is 124 Å². The van der Waals surface area contributed by atoms with E-state index >= 15 is 0 Å². The molecule has 0 bridgehead atoms. The van der Waals surface area contributed by atoms with E-state index in [0.29, 0.717) is 19.3 Å². The second-order valence-corrected chi connectivity index (χ2v) is 19.1. The molecule has 0 fully saturated rings. The van der Waals surface area contributed by atoms with Crippen molar-refractivity contribution in [3.8, 4) is 0 Å². The summed E-state index contributed by atoms with van der Waals surface area (Å²) in [5.41, 5.74) is 0. The van der Waals surface area contributed by atoms with Crippen LogP contribution in [0.3, 0.4) is 0 Å². The van der Waals surface area contributed by atoms with Crippen LogP contribution in [0.4, 0.5) is 0 Å². The molecule has 0 heterocycles. The van der Waals surface area contributed by atoms with Gasteiger partial charge in [-0.15, -0.1) is 0 Å². The molecule has 0 unspecified atom stereocenters. The molecule has 0 saturated carbocycles. The van der Waals surface area contributed by atoms with Crippen LogP contribution in [-0.2, 0) is 28.6 Å². The van der Waals surface area contributed by atoms with Crippen LogP contribution in [0.25, 0.3) is 0 Å². The Morgan fingerprint density at radius 2 is 0.577 bits per heavy atom. The van der Waals surface area contributed by atoms with E-state index in [-0.39, 0.29) is 37.5 Å². The minimum absolute atomic E-state index is 0.110. The van der Waals surface area contributed by atoms with E-state index in [1.54, 1.807) is 0 Å². The third-order valence-corrected chi connectivity index (χ3v) is 12.3. The van der Waals surface area contributed by atoms with Gasteiger partial charge in [-0.05, 0) is 89.9 Å². The molecule has 6 heteroatoms. The zero-order valence-electron chi connectivity index (χ0n) is 46.2. The van der Waals surface area contributed by atoms with Gasteiger partial charge in [0.1, 0.15) is 13.2 Å². The van der Waals surface area contributed by atoms with Crippen molar-refractivity contribution in [2.24, 2.45) is 0 Å². The predicted octanol–water partition coefficient (Wildman–Crippen LogP) is 19.9. The second kappa shape index (κ2) is 58.6. The summed E-state index contributed by atoms with van der Waals surface area (Å²) in [6, 6.07) is 0. The minimum atomic E-state index is -0.817. The molecular formula is C65H108O6. The predicted molar refractivity (Wildman–Crippen MR) is 307 cm³/mol. The Kier molecular flexibility index (Phi) is 55.4. The minimum Gasteiger partial charge on any atom is -0.462 e. The van der Waals surface area contributed by atoms with Gasteiger partial charge in [0.15, 0.2) is 6.10 Å². The first-order chi connectivity index (χ1) is 35.0. The second-order valence-electron chi connectivity index (χ2n) is 19.1. The smallest absolute Gasteiger partial charge is 0.306 e. The van der Waals surface area contributed by atoms with E-state index in [9.17, 15) is 14.4 Å². The van der Waals surface area contributed by atoms with Gasteiger partial charge in [-0.1, -0.05) is 265 Å². The van der Waals surface area contributed by atoms with Gasteiger partial charge in [-0.3, -0.25) is 14.4 Å². The fourth-order valence-electron chi connectivity index (χ4n) is 7.95. The van der Waals surface area contributed by atoms with Crippen LogP contribution in [0.15, 0.2) is 109 Å². The van der Waals surface area contributed by atoms with Gasteiger partial charge in [0.2, 0.25) is 0 Å². The SMILES string of the molecule is CC/C=C/C/C=C/C/C=C/C/C=C/C/C=C/C/C=C/CCC(=O)OC[C@@H](COC(=O)CCCCCCC/C=C/C/C=C/C/C=C/CC)OC(=O)CCCCCCCCCCCCCCCCCCCCC. The van der Waals surface area contributed by atoms with Crippen molar-refractivity contribution < 1.29 is 28.6 Å². The molecule has 0 N–H and O–H groups in total. The van der Waals surface area contributed by atoms with E-state index < -0.39 is 6.10 Å². The zero-order valence-corrected chi connectivity index (χ0v) is 46.2. The van der Waals surface area contributed by atoms with Crippen molar-refractivity contribution in [3.05, 3.63) is 109 Å². The van der Waals surface area contributed by atoms with E-state index in [1.165, 1.54) is 103 Å². The largest absolute Gasteiger partial charge is 0.462 e. The topological polar surface area (TPSA) is 78.9 Å². The normalized spacial score (nSPS) is 12.9. The fraction of sp³-hybridized carbons (Fsp3) is 0.677. The van der Waals surface area contributed by atoms with Crippen LogP contribution in [0.2, 0.25) is 0 Å². The molecule has 404 valence electrons. The first kappa shape index (κ1) is 67.1. The standard InChI is InChI=1S/C65H108O6/c1-4-7-10-13-16-19-22-25-28-30-32-34-37-40-43-46-49-52-55-58-64(67)70-61-62(60-69-63(66)57-54-51-48-45-42-39-36-27-24-21-18-15-12-9-6-3)71-65(68)59-56-53-50-47-44-41-38-35-33-31-29-26-23-20-17-14-11-8-5-2/h7,9-10,12,16,18-19,21,25,27-28,32,34,36,40,43,49,52,62H,4-6,8,11,13-15,17,20,22-24,26,29-31,33,35,37-39,41-42,44-48,50-51,53-61H2,1-3H3/b10-7+,12-9+,19-16+,21-18+,28-25+,34-32+,36-27+,43-40+,52-49+/t62-/m1/s1. The van der Waals surface area contributed by atoms with Gasteiger partial charge in [0.25, 0.3) is 0 Å². The van der Waals surface area contributed by atoms with Crippen molar-refractivity contribution in [1.29, 1.82) is 0 Å². The Bertz CT molecular complexity index is 1460. The van der Waals surface area contributed by atoms with Crippen molar-refractivity contribution in [2.75, 3.05) is 13.2 Å². The van der Waals surface area contributed by atoms with Crippen LogP contribution < -0.4 is 0 Å². The van der Waals surface area contributed by atoms with Crippen LogP contribution in [0.1, 0.15) is 265 Å². The summed E-state index contributed by atoms with van der Waals surface area (Å²) in [7, 11) is 0. The highest BCUT2D eigenvalue weighted by Gasteiger charge is 2.19. The number of unbranched alkanes of at least 4 members (excludes halogenated alkanes) is 23. The lowest BCUT2D eigenvalue weighted by atomic mass is 10.0. The van der Waals surface area contributed by atoms with Gasteiger partial charge < -0.3 is 14.2 Å². The van der Waals surface area contributed by atoms with Gasteiger partial charge in [0, 0.05) is 19.3 Å². The van der Waals surface area contributed by atoms with E-state index in [4.69, 9.17) is 14.2 Å². The van der Waals surface area contributed by atoms with Gasteiger partial charge in [-0.2, -0.15) is 0 Å². The number of rotatable bonds is 52. The van der Waals surface area contributed by atoms with Gasteiger partial charge in [0.05, 0.1) is 0 Å². The van der Waals surface area contributed by atoms with E-state index in [1.807, 2.05) is 6.08 Å². The number of hydrogen-bond acceptors (Lipinski definition) is 6. The molecule has 0 radical (unpaired) electrons. The number of hydrogen-bond donors (Lipinski definition) is 0. The van der Waals surface area contributed by atoms with Crippen LogP contribution in [0, 0.1) is 0 Å². The molecule has 71 heavy (non-hydrogen) atoms. The van der Waals surface area contributed by atoms with Crippen molar-refractivity contribution in [2.45, 2.75) is 271 Å². The molecular weight excluding hydrogens is 877 g/mol. The highest BCUT2D eigenvalue weighted by molar-refractivity contribution is 5.71. The Labute approximate surface area is 438 Å². The maximum Gasteiger partial charge on any atom is 0.306 e. The third-order valence-electron chi connectivity index (χ3n) is 12.3. The molecule has 1 atom stereocenters. The average molecular weight is 986 g/mol. The Morgan fingerprint density at radius 1 is 0.296 bits per heavy atom. The quantitative estimate of drug-likeness (QED) is 0.0261. The maximum absolute atomic E-state index is 12.9. The number of carbonyl (C=O) groups excluding carboxylic acids is 3. The third kappa shape index (κ3) is 56.9. The summed E-state index contributed by atoms with van der Waals surface area (Å²) in [6.07, 6.45) is 79.5. The van der Waals surface area contributed by atoms with Crippen LogP contribution in [-0.4, -0.2) is 37.2 Å². The van der Waals surface area contributed by atoms with Crippen molar-refractivity contribution in [1.82, 2.24) is 0 Å². The molecule has 0 aliphatic heterocycles. The van der Waals surface area contributed by atoms with E-state index in [0.717, 1.165) is 116 Å². The van der Waals surface area contributed by atoms with Crippen LogP contribution >= 0.6 is 0 Å². The molecule has 0 aliphatic rings. The Balaban J connectivity index is 4.50. The monoisotopic (exact) mass is 985 g/mol. The lowest BCUT2D eigenvalue weighted by Crippen LogP contribution is -2.30. The number of allylic oxidation sites excluding steroid dienone is 18. The number of esters is 3. The molecule has 0 aromatic carbocycles. The molecule has 0 saturated heterocycles. The molecule has 0 rings (SSSR count). The number of ether oxygens (including phenoxy) is 3. The molecule has 6 nitrogen and oxygen atoms in total. The molecule has 0 aromatic heterocycles. The molecule has 0 aliphatic carbocycles. The maximum atomic E-state index is 12.9. The Morgan fingerprint density at radius 3 is 0.944 bits per heavy atom. The lowest BCUT2D eigenvalue weighted by Gasteiger charge is -2.18.